The zero-order valence-electron chi connectivity index (χ0n) is 15.3. The second kappa shape index (κ2) is 8.97. The highest BCUT2D eigenvalue weighted by molar-refractivity contribution is 5.38. The van der Waals surface area contributed by atoms with Gasteiger partial charge in [-0.3, -0.25) is 4.90 Å². The number of likely N-dealkylation sites (N-methyl/N-ethyl adjacent to an activating group) is 1. The topological polar surface area (TPSA) is 45.4 Å². The Hall–Kier alpha value is -1.91. The summed E-state index contributed by atoms with van der Waals surface area (Å²) < 4.78 is 0. The largest absolute Gasteiger partial charge is 0.383 e. The third kappa shape index (κ3) is 5.28. The number of nitrogen functional groups attached to an aromatic ring is 1. The van der Waals surface area contributed by atoms with E-state index >= 15 is 0 Å². The third-order valence-corrected chi connectivity index (χ3v) is 5.23. The number of piperidine rings is 1. The number of rotatable bonds is 7. The Labute approximate surface area is 151 Å². The summed E-state index contributed by atoms with van der Waals surface area (Å²) in [6.45, 7) is 4.45. The van der Waals surface area contributed by atoms with Crippen LogP contribution in [0.15, 0.2) is 48.7 Å². The molecule has 0 amide bonds. The summed E-state index contributed by atoms with van der Waals surface area (Å²) in [6, 6.07) is 15.5. The summed E-state index contributed by atoms with van der Waals surface area (Å²) in [4.78, 5) is 9.27. The Kier molecular flexibility index (Phi) is 6.42. The number of aromatic nitrogens is 1. The number of pyridine rings is 1. The van der Waals surface area contributed by atoms with Crippen molar-refractivity contribution in [1.82, 2.24) is 14.8 Å². The summed E-state index contributed by atoms with van der Waals surface area (Å²) in [7, 11) is 2.21. The molecule has 4 nitrogen and oxygen atoms in total. The fourth-order valence-corrected chi connectivity index (χ4v) is 3.73. The summed E-state index contributed by atoms with van der Waals surface area (Å²) in [5, 5.41) is 0. The van der Waals surface area contributed by atoms with Gasteiger partial charge in [-0.25, -0.2) is 4.98 Å². The normalized spacial score (nSPS) is 18.6. The zero-order chi connectivity index (χ0) is 17.5. The number of benzene rings is 1. The van der Waals surface area contributed by atoms with Crippen LogP contribution in [0.4, 0.5) is 5.82 Å². The van der Waals surface area contributed by atoms with E-state index in [0.29, 0.717) is 11.9 Å². The third-order valence-electron chi connectivity index (χ3n) is 5.23. The fourth-order valence-electron chi connectivity index (χ4n) is 3.73. The van der Waals surface area contributed by atoms with Crippen LogP contribution >= 0.6 is 0 Å². The average molecular weight is 338 g/mol. The van der Waals surface area contributed by atoms with Crippen LogP contribution in [0.3, 0.4) is 0 Å². The molecule has 2 N–H and O–H groups in total. The number of anilines is 1. The molecule has 0 spiro atoms. The van der Waals surface area contributed by atoms with Gasteiger partial charge >= 0.3 is 0 Å². The summed E-state index contributed by atoms with van der Waals surface area (Å²) in [5.41, 5.74) is 8.57. The van der Waals surface area contributed by atoms with E-state index in [9.17, 15) is 0 Å². The summed E-state index contributed by atoms with van der Waals surface area (Å²) >= 11 is 0. The highest BCUT2D eigenvalue weighted by atomic mass is 15.2. The number of aryl methyl sites for hydroxylation is 1. The van der Waals surface area contributed by atoms with Gasteiger partial charge in [0.05, 0.1) is 0 Å². The number of likely N-dealkylation sites (tertiary alicyclic amines) is 1. The fraction of sp³-hybridized carbons (Fsp3) is 0.476. The van der Waals surface area contributed by atoms with Crippen LogP contribution in [0.2, 0.25) is 0 Å². The first-order chi connectivity index (χ1) is 12.2. The Morgan fingerprint density at radius 3 is 2.84 bits per heavy atom. The predicted molar refractivity (Wildman–Crippen MR) is 104 cm³/mol. The SMILES string of the molecule is CN(Cc1cccnc1N)C1CCCN(CCCc2ccccc2)C1. The number of hydrogen-bond donors (Lipinski definition) is 1. The van der Waals surface area contributed by atoms with Crippen molar-refractivity contribution in [1.29, 1.82) is 0 Å². The van der Waals surface area contributed by atoms with Crippen LogP contribution in [0.5, 0.6) is 0 Å². The Morgan fingerprint density at radius 1 is 1.20 bits per heavy atom. The minimum absolute atomic E-state index is 0.602. The van der Waals surface area contributed by atoms with Gasteiger partial charge in [-0.15, -0.1) is 0 Å². The van der Waals surface area contributed by atoms with Crippen LogP contribution in [0, 0.1) is 0 Å². The lowest BCUT2D eigenvalue weighted by Gasteiger charge is -2.37. The molecule has 134 valence electrons. The lowest BCUT2D eigenvalue weighted by Crippen LogP contribution is -2.46. The first-order valence-corrected chi connectivity index (χ1v) is 9.38. The molecule has 2 aromatic rings. The van der Waals surface area contributed by atoms with Gasteiger partial charge in [0, 0.05) is 30.9 Å². The van der Waals surface area contributed by atoms with Crippen molar-refractivity contribution < 1.29 is 0 Å². The maximum absolute atomic E-state index is 6.00. The van der Waals surface area contributed by atoms with E-state index in [0.717, 1.165) is 18.7 Å². The maximum Gasteiger partial charge on any atom is 0.127 e. The first-order valence-electron chi connectivity index (χ1n) is 9.38. The molecule has 0 aliphatic carbocycles. The average Bonchev–Trinajstić information content (AvgIpc) is 2.65. The van der Waals surface area contributed by atoms with E-state index in [2.05, 4.69) is 58.2 Å². The monoisotopic (exact) mass is 338 g/mol. The maximum atomic E-state index is 6.00. The molecule has 3 rings (SSSR count). The van der Waals surface area contributed by atoms with E-state index in [-0.39, 0.29) is 0 Å². The van der Waals surface area contributed by atoms with Gasteiger partial charge in [0.25, 0.3) is 0 Å². The predicted octanol–water partition coefficient (Wildman–Crippen LogP) is 3.19. The molecule has 2 heterocycles. The molecule has 1 aliphatic rings. The Morgan fingerprint density at radius 2 is 2.04 bits per heavy atom. The molecule has 1 aliphatic heterocycles. The van der Waals surface area contributed by atoms with Gasteiger partial charge in [0.2, 0.25) is 0 Å². The van der Waals surface area contributed by atoms with Crippen molar-refractivity contribution in [2.45, 2.75) is 38.3 Å². The van der Waals surface area contributed by atoms with Crippen LogP contribution in [-0.2, 0) is 13.0 Å². The lowest BCUT2D eigenvalue weighted by molar-refractivity contribution is 0.111. The highest BCUT2D eigenvalue weighted by Crippen LogP contribution is 2.19. The van der Waals surface area contributed by atoms with Crippen LogP contribution < -0.4 is 5.73 Å². The second-order valence-corrected chi connectivity index (χ2v) is 7.15. The number of nitrogens with two attached hydrogens (primary N) is 1. The van der Waals surface area contributed by atoms with Gasteiger partial charge in [-0.1, -0.05) is 36.4 Å². The molecule has 1 aromatic heterocycles. The zero-order valence-corrected chi connectivity index (χ0v) is 15.3. The molecule has 0 bridgehead atoms. The summed E-state index contributed by atoms with van der Waals surface area (Å²) in [6.07, 6.45) is 6.71. The van der Waals surface area contributed by atoms with Crippen LogP contribution in [0.1, 0.15) is 30.4 Å². The van der Waals surface area contributed by atoms with Crippen molar-refractivity contribution in [3.05, 3.63) is 59.8 Å². The van der Waals surface area contributed by atoms with Gasteiger partial charge in [0.15, 0.2) is 0 Å². The second-order valence-electron chi connectivity index (χ2n) is 7.15. The van der Waals surface area contributed by atoms with E-state index < -0.39 is 0 Å². The quantitative estimate of drug-likeness (QED) is 0.842. The number of hydrogen-bond acceptors (Lipinski definition) is 4. The molecule has 0 saturated carbocycles. The minimum atomic E-state index is 0.602. The van der Waals surface area contributed by atoms with Gasteiger partial charge in [0.1, 0.15) is 5.82 Å². The molecule has 1 saturated heterocycles. The van der Waals surface area contributed by atoms with Gasteiger partial charge in [-0.2, -0.15) is 0 Å². The van der Waals surface area contributed by atoms with Gasteiger partial charge < -0.3 is 10.6 Å². The van der Waals surface area contributed by atoms with Crippen LogP contribution in [0.25, 0.3) is 0 Å². The van der Waals surface area contributed by atoms with E-state index in [1.54, 1.807) is 6.20 Å². The standard InChI is InChI=1S/C21H30N4/c1-24(16-19-11-5-13-23-21(19)22)20-12-7-15-25(17-20)14-6-10-18-8-3-2-4-9-18/h2-5,8-9,11,13,20H,6-7,10,12,14-17H2,1H3,(H2,22,23). The van der Waals surface area contributed by atoms with Crippen molar-refractivity contribution in [3.8, 4) is 0 Å². The Balaban J connectivity index is 1.46. The van der Waals surface area contributed by atoms with Crippen LogP contribution in [-0.4, -0.2) is 47.5 Å². The first kappa shape index (κ1) is 17.9. The molecule has 1 aromatic carbocycles. The van der Waals surface area contributed by atoms with E-state index in [4.69, 9.17) is 5.73 Å². The van der Waals surface area contributed by atoms with E-state index in [1.807, 2.05) is 6.07 Å². The van der Waals surface area contributed by atoms with Crippen molar-refractivity contribution >= 4 is 5.82 Å². The molecule has 1 fully saturated rings. The van der Waals surface area contributed by atoms with Crippen molar-refractivity contribution in [2.24, 2.45) is 0 Å². The van der Waals surface area contributed by atoms with Crippen molar-refractivity contribution in [3.63, 3.8) is 0 Å². The van der Waals surface area contributed by atoms with Crippen molar-refractivity contribution in [2.75, 3.05) is 32.4 Å². The molecular formula is C21H30N4. The lowest BCUT2D eigenvalue weighted by atomic mass is 10.0. The molecule has 1 atom stereocenters. The van der Waals surface area contributed by atoms with Gasteiger partial charge in [-0.05, 0) is 57.5 Å². The highest BCUT2D eigenvalue weighted by Gasteiger charge is 2.23. The minimum Gasteiger partial charge on any atom is -0.383 e. The van der Waals surface area contributed by atoms with E-state index in [1.165, 1.54) is 44.3 Å². The number of nitrogens with zero attached hydrogens (tertiary/aromatic N) is 3. The smallest absolute Gasteiger partial charge is 0.127 e. The molecule has 25 heavy (non-hydrogen) atoms. The molecular weight excluding hydrogens is 308 g/mol. The molecule has 4 heteroatoms. The Bertz CT molecular complexity index is 643. The molecule has 0 radical (unpaired) electrons. The summed E-state index contributed by atoms with van der Waals surface area (Å²) in [5.74, 6) is 0.657. The molecule has 1 unspecified atom stereocenters.